The van der Waals surface area contributed by atoms with E-state index in [-0.39, 0.29) is 0 Å². The quantitative estimate of drug-likeness (QED) is 0.520. The van der Waals surface area contributed by atoms with E-state index in [4.69, 9.17) is 0 Å². The summed E-state index contributed by atoms with van der Waals surface area (Å²) in [6, 6.07) is 10.7. The molecule has 1 aliphatic rings. The largest absolute Gasteiger partial charge is 0.126 e. The van der Waals surface area contributed by atoms with Crippen molar-refractivity contribution >= 4 is 11.8 Å². The molecule has 18 heavy (non-hydrogen) atoms. The summed E-state index contributed by atoms with van der Waals surface area (Å²) >= 11 is 1.96. The van der Waals surface area contributed by atoms with Gasteiger partial charge in [-0.05, 0) is 50.7 Å². The third kappa shape index (κ3) is 3.52. The summed E-state index contributed by atoms with van der Waals surface area (Å²) in [5.41, 5.74) is 2.89. The molecule has 96 valence electrons. The summed E-state index contributed by atoms with van der Waals surface area (Å²) in [7, 11) is 0. The maximum absolute atomic E-state index is 4.17. The zero-order chi connectivity index (χ0) is 13.0. The molecule has 0 nitrogen and oxygen atoms in total. The zero-order valence-electron chi connectivity index (χ0n) is 11.4. The minimum Gasteiger partial charge on any atom is -0.126 e. The van der Waals surface area contributed by atoms with E-state index in [0.29, 0.717) is 11.8 Å². The average molecular weight is 258 g/mol. The highest BCUT2D eigenvalue weighted by molar-refractivity contribution is 7.99. The van der Waals surface area contributed by atoms with Crippen molar-refractivity contribution in [2.24, 2.45) is 11.8 Å². The molecular formula is C17H22S. The number of benzene rings is 1. The molecule has 0 amide bonds. The van der Waals surface area contributed by atoms with E-state index in [1.54, 1.807) is 5.57 Å². The highest BCUT2D eigenvalue weighted by atomic mass is 32.2. The second-order valence-electron chi connectivity index (χ2n) is 5.29. The smallest absolute Gasteiger partial charge is 0.00721 e. The van der Waals surface area contributed by atoms with Crippen molar-refractivity contribution in [3.63, 3.8) is 0 Å². The Bertz CT molecular complexity index is 430. The number of hydrogen-bond donors (Lipinski definition) is 0. The third-order valence-electron chi connectivity index (χ3n) is 3.68. The molecule has 1 heteroatoms. The summed E-state index contributed by atoms with van der Waals surface area (Å²) in [6.45, 7) is 8.61. The van der Waals surface area contributed by atoms with Crippen molar-refractivity contribution in [3.05, 3.63) is 54.1 Å². The van der Waals surface area contributed by atoms with Gasteiger partial charge in [-0.3, -0.25) is 0 Å². The Kier molecular flexibility index (Phi) is 4.71. The first kappa shape index (κ1) is 13.5. The molecular weight excluding hydrogens is 236 g/mol. The number of rotatable bonds is 4. The molecule has 0 aliphatic heterocycles. The lowest BCUT2D eigenvalue weighted by Gasteiger charge is -2.30. The van der Waals surface area contributed by atoms with E-state index in [1.807, 2.05) is 11.8 Å². The van der Waals surface area contributed by atoms with Gasteiger partial charge in [0.1, 0.15) is 0 Å². The van der Waals surface area contributed by atoms with E-state index < -0.39 is 0 Å². The molecule has 0 saturated heterocycles. The van der Waals surface area contributed by atoms with Gasteiger partial charge in [0.15, 0.2) is 0 Å². The molecule has 0 unspecified atom stereocenters. The van der Waals surface area contributed by atoms with Crippen LogP contribution in [-0.2, 0) is 0 Å². The topological polar surface area (TPSA) is 0 Å². The standard InChI is InChI=1S/C17H22S/c1-13(2)17-10-9-14(3)11-15(17)12-18-16-7-5-4-6-8-16/h4-8,11,15,17H,1,9-10,12H2,2-3H3/t15-,17+/m0/s1. The van der Waals surface area contributed by atoms with Gasteiger partial charge < -0.3 is 0 Å². The van der Waals surface area contributed by atoms with Gasteiger partial charge in [-0.15, -0.1) is 11.8 Å². The molecule has 0 aromatic heterocycles. The highest BCUT2D eigenvalue weighted by Gasteiger charge is 2.24. The molecule has 0 N–H and O–H groups in total. The van der Waals surface area contributed by atoms with Crippen molar-refractivity contribution in [2.45, 2.75) is 31.6 Å². The first-order chi connectivity index (χ1) is 8.66. The molecule has 0 bridgehead atoms. The first-order valence-corrected chi connectivity index (χ1v) is 7.66. The van der Waals surface area contributed by atoms with Gasteiger partial charge in [-0.25, -0.2) is 0 Å². The van der Waals surface area contributed by atoms with Gasteiger partial charge in [0.2, 0.25) is 0 Å². The predicted molar refractivity (Wildman–Crippen MR) is 82.0 cm³/mol. The second kappa shape index (κ2) is 6.29. The number of allylic oxidation sites excluding steroid dienone is 3. The van der Waals surface area contributed by atoms with E-state index in [9.17, 15) is 0 Å². The van der Waals surface area contributed by atoms with Gasteiger partial charge in [0.25, 0.3) is 0 Å². The summed E-state index contributed by atoms with van der Waals surface area (Å²) in [5.74, 6) is 2.49. The van der Waals surface area contributed by atoms with Crippen LogP contribution in [-0.4, -0.2) is 5.75 Å². The van der Waals surface area contributed by atoms with Crippen molar-refractivity contribution in [2.75, 3.05) is 5.75 Å². The van der Waals surface area contributed by atoms with Crippen LogP contribution in [0.25, 0.3) is 0 Å². The predicted octanol–water partition coefficient (Wildman–Crippen LogP) is 5.33. The van der Waals surface area contributed by atoms with E-state index in [0.717, 1.165) is 0 Å². The lowest BCUT2D eigenvalue weighted by atomic mass is 9.78. The summed E-state index contributed by atoms with van der Waals surface area (Å²) in [4.78, 5) is 1.37. The van der Waals surface area contributed by atoms with Crippen LogP contribution in [0.15, 0.2) is 59.0 Å². The molecule has 0 heterocycles. The minimum absolute atomic E-state index is 0.654. The molecule has 0 saturated carbocycles. The maximum atomic E-state index is 4.17. The Morgan fingerprint density at radius 1 is 1.33 bits per heavy atom. The summed E-state index contributed by atoms with van der Waals surface area (Å²) in [6.07, 6.45) is 4.99. The average Bonchev–Trinajstić information content (AvgIpc) is 2.37. The van der Waals surface area contributed by atoms with Crippen LogP contribution in [0.1, 0.15) is 26.7 Å². The third-order valence-corrected chi connectivity index (χ3v) is 4.84. The lowest BCUT2D eigenvalue weighted by Crippen LogP contribution is -2.20. The fourth-order valence-corrected chi connectivity index (χ4v) is 3.71. The van der Waals surface area contributed by atoms with Crippen LogP contribution in [0.5, 0.6) is 0 Å². The van der Waals surface area contributed by atoms with E-state index in [2.05, 4.69) is 56.8 Å². The monoisotopic (exact) mass is 258 g/mol. The van der Waals surface area contributed by atoms with Gasteiger partial charge in [0.05, 0.1) is 0 Å². The van der Waals surface area contributed by atoms with Crippen molar-refractivity contribution in [3.8, 4) is 0 Å². The fourth-order valence-electron chi connectivity index (χ4n) is 2.65. The second-order valence-corrected chi connectivity index (χ2v) is 6.39. The zero-order valence-corrected chi connectivity index (χ0v) is 12.2. The summed E-state index contributed by atoms with van der Waals surface area (Å²) in [5, 5.41) is 0. The van der Waals surface area contributed by atoms with Crippen LogP contribution >= 0.6 is 11.8 Å². The lowest BCUT2D eigenvalue weighted by molar-refractivity contribution is 0.433. The van der Waals surface area contributed by atoms with Crippen molar-refractivity contribution < 1.29 is 0 Å². The molecule has 0 fully saturated rings. The Morgan fingerprint density at radius 2 is 2.06 bits per heavy atom. The SMILES string of the molecule is C=C(C)[C@H]1CCC(C)=C[C@H]1CSc1ccccc1. The van der Waals surface area contributed by atoms with Crippen LogP contribution in [0, 0.1) is 11.8 Å². The Morgan fingerprint density at radius 3 is 2.72 bits per heavy atom. The van der Waals surface area contributed by atoms with E-state index in [1.165, 1.54) is 29.1 Å². The minimum atomic E-state index is 0.654. The van der Waals surface area contributed by atoms with Gasteiger partial charge in [0, 0.05) is 10.6 Å². The first-order valence-electron chi connectivity index (χ1n) is 6.67. The normalized spacial score (nSPS) is 23.6. The van der Waals surface area contributed by atoms with Crippen molar-refractivity contribution in [1.82, 2.24) is 0 Å². The maximum Gasteiger partial charge on any atom is 0.00721 e. The van der Waals surface area contributed by atoms with Crippen molar-refractivity contribution in [1.29, 1.82) is 0 Å². The molecule has 1 aromatic carbocycles. The fraction of sp³-hybridized carbons (Fsp3) is 0.412. The Labute approximate surface area is 115 Å². The van der Waals surface area contributed by atoms with Gasteiger partial charge in [-0.2, -0.15) is 0 Å². The number of thioether (sulfide) groups is 1. The summed E-state index contributed by atoms with van der Waals surface area (Å²) < 4.78 is 0. The van der Waals surface area contributed by atoms with Crippen LogP contribution in [0.4, 0.5) is 0 Å². The van der Waals surface area contributed by atoms with Gasteiger partial charge in [-0.1, -0.05) is 42.0 Å². The van der Waals surface area contributed by atoms with Gasteiger partial charge >= 0.3 is 0 Å². The highest BCUT2D eigenvalue weighted by Crippen LogP contribution is 2.36. The Balaban J connectivity index is 2.01. The van der Waals surface area contributed by atoms with E-state index >= 15 is 0 Å². The molecule has 2 atom stereocenters. The molecule has 1 aromatic rings. The molecule has 0 spiro atoms. The van der Waals surface area contributed by atoms with Crippen LogP contribution in [0.2, 0.25) is 0 Å². The Hall–Kier alpha value is -0.950. The van der Waals surface area contributed by atoms with Crippen LogP contribution < -0.4 is 0 Å². The van der Waals surface area contributed by atoms with Crippen LogP contribution in [0.3, 0.4) is 0 Å². The molecule has 0 radical (unpaired) electrons. The molecule has 2 rings (SSSR count). The number of hydrogen-bond acceptors (Lipinski definition) is 1. The molecule has 1 aliphatic carbocycles.